The Morgan fingerprint density at radius 2 is 1.57 bits per heavy atom. The maximum atomic E-state index is 13.6. The Balaban J connectivity index is 2.33. The van der Waals surface area contributed by atoms with Gasteiger partial charge in [0.1, 0.15) is 0 Å². The van der Waals surface area contributed by atoms with Crippen LogP contribution in [0.2, 0.25) is 0 Å². The minimum Gasteiger partial charge on any atom is -0.493 e. The number of hydrogen-bond acceptors (Lipinski definition) is 3. The summed E-state index contributed by atoms with van der Waals surface area (Å²) in [6.07, 6.45) is 0. The van der Waals surface area contributed by atoms with E-state index in [0.717, 1.165) is 0 Å². The van der Waals surface area contributed by atoms with Crippen LogP contribution in [0.5, 0.6) is 11.5 Å². The van der Waals surface area contributed by atoms with E-state index in [1.54, 1.807) is 0 Å². The van der Waals surface area contributed by atoms with Gasteiger partial charge < -0.3 is 14.8 Å². The Labute approximate surface area is 128 Å². The molecule has 1 N–H and O–H groups in total. The van der Waals surface area contributed by atoms with Crippen LogP contribution in [0.25, 0.3) is 0 Å². The Morgan fingerprint density at radius 3 is 2.17 bits per heavy atom. The molecular weight excluding hydrogens is 318 g/mol. The molecule has 2 rings (SSSR count). The number of nitrogens with one attached hydrogen (secondary N) is 1. The molecule has 122 valence electrons. The summed E-state index contributed by atoms with van der Waals surface area (Å²) in [7, 11) is 2.78. The first kappa shape index (κ1) is 16.6. The molecule has 2 aromatic carbocycles. The number of amides is 1. The van der Waals surface area contributed by atoms with Crippen LogP contribution < -0.4 is 14.8 Å². The van der Waals surface area contributed by atoms with Crippen LogP contribution in [0, 0.1) is 23.3 Å². The van der Waals surface area contributed by atoms with Gasteiger partial charge in [-0.05, 0) is 18.2 Å². The van der Waals surface area contributed by atoms with Crippen LogP contribution in [0.15, 0.2) is 24.3 Å². The maximum Gasteiger partial charge on any atom is 0.258 e. The number of hydrogen-bond donors (Lipinski definition) is 1. The van der Waals surface area contributed by atoms with Crippen molar-refractivity contribution in [3.63, 3.8) is 0 Å². The second-order valence-corrected chi connectivity index (χ2v) is 4.37. The summed E-state index contributed by atoms with van der Waals surface area (Å²) < 4.78 is 62.8. The largest absolute Gasteiger partial charge is 0.493 e. The molecule has 0 fully saturated rings. The average molecular weight is 329 g/mol. The predicted octanol–water partition coefficient (Wildman–Crippen LogP) is 3.51. The molecule has 0 atom stereocenters. The van der Waals surface area contributed by atoms with Crippen molar-refractivity contribution in [3.05, 3.63) is 53.1 Å². The summed E-state index contributed by atoms with van der Waals surface area (Å²) in [4.78, 5) is 11.9. The highest BCUT2D eigenvalue weighted by molar-refractivity contribution is 6.04. The molecule has 23 heavy (non-hydrogen) atoms. The van der Waals surface area contributed by atoms with E-state index >= 15 is 0 Å². The summed E-state index contributed by atoms with van der Waals surface area (Å²) in [5, 5.41) is 2.23. The van der Waals surface area contributed by atoms with E-state index in [4.69, 9.17) is 9.47 Å². The minimum atomic E-state index is -2.05. The van der Waals surface area contributed by atoms with Crippen LogP contribution in [0.3, 0.4) is 0 Å². The molecule has 0 bridgehead atoms. The first-order valence-corrected chi connectivity index (χ1v) is 6.25. The van der Waals surface area contributed by atoms with E-state index in [1.807, 2.05) is 0 Å². The third kappa shape index (κ3) is 3.20. The van der Waals surface area contributed by atoms with Crippen LogP contribution in [-0.2, 0) is 0 Å². The lowest BCUT2D eigenvalue weighted by Gasteiger charge is -2.11. The molecule has 0 aromatic heterocycles. The lowest BCUT2D eigenvalue weighted by molar-refractivity contribution is 0.102. The van der Waals surface area contributed by atoms with Gasteiger partial charge in [-0.3, -0.25) is 4.79 Å². The summed E-state index contributed by atoms with van der Waals surface area (Å²) in [5.74, 6) is -7.96. The second kappa shape index (κ2) is 6.55. The van der Waals surface area contributed by atoms with Crippen molar-refractivity contribution in [3.8, 4) is 11.5 Å². The Bertz CT molecular complexity index is 765. The van der Waals surface area contributed by atoms with Crippen molar-refractivity contribution in [2.45, 2.75) is 0 Å². The Kier molecular flexibility index (Phi) is 4.73. The van der Waals surface area contributed by atoms with Crippen LogP contribution >= 0.6 is 0 Å². The van der Waals surface area contributed by atoms with Crippen molar-refractivity contribution in [2.24, 2.45) is 0 Å². The van der Waals surface area contributed by atoms with E-state index in [9.17, 15) is 22.4 Å². The monoisotopic (exact) mass is 329 g/mol. The molecule has 0 heterocycles. The Morgan fingerprint density at radius 1 is 0.913 bits per heavy atom. The SMILES string of the molecule is COc1ccc(NC(=O)c2cc(F)c(F)c(F)c2F)cc1OC. The number of anilines is 1. The molecule has 4 nitrogen and oxygen atoms in total. The van der Waals surface area contributed by atoms with E-state index in [-0.39, 0.29) is 17.5 Å². The van der Waals surface area contributed by atoms with Gasteiger partial charge >= 0.3 is 0 Å². The number of carbonyl (C=O) groups excluding carboxylic acids is 1. The molecule has 1 amide bonds. The lowest BCUT2D eigenvalue weighted by atomic mass is 10.1. The molecular formula is C15H11F4NO3. The van der Waals surface area contributed by atoms with Gasteiger partial charge in [0.25, 0.3) is 5.91 Å². The highest BCUT2D eigenvalue weighted by Crippen LogP contribution is 2.30. The molecule has 0 aliphatic rings. The zero-order valence-corrected chi connectivity index (χ0v) is 12.0. The molecule has 0 saturated heterocycles. The molecule has 0 aliphatic heterocycles. The zero-order valence-electron chi connectivity index (χ0n) is 12.0. The lowest BCUT2D eigenvalue weighted by Crippen LogP contribution is -2.16. The van der Waals surface area contributed by atoms with Crippen molar-refractivity contribution in [2.75, 3.05) is 19.5 Å². The van der Waals surface area contributed by atoms with Gasteiger partial charge in [0.05, 0.1) is 19.8 Å². The van der Waals surface area contributed by atoms with Crippen molar-refractivity contribution in [1.29, 1.82) is 0 Å². The zero-order chi connectivity index (χ0) is 17.1. The van der Waals surface area contributed by atoms with Crippen molar-refractivity contribution < 1.29 is 31.8 Å². The average Bonchev–Trinajstić information content (AvgIpc) is 2.55. The fourth-order valence-corrected chi connectivity index (χ4v) is 1.85. The molecule has 0 spiro atoms. The van der Waals surface area contributed by atoms with Gasteiger partial charge in [0, 0.05) is 11.8 Å². The fourth-order valence-electron chi connectivity index (χ4n) is 1.85. The van der Waals surface area contributed by atoms with Gasteiger partial charge in [-0.25, -0.2) is 17.6 Å². The predicted molar refractivity (Wildman–Crippen MR) is 73.8 cm³/mol. The second-order valence-electron chi connectivity index (χ2n) is 4.37. The summed E-state index contributed by atoms with van der Waals surface area (Å²) in [5.41, 5.74) is -0.798. The number of ether oxygens (including phenoxy) is 2. The molecule has 8 heteroatoms. The van der Waals surface area contributed by atoms with Crippen LogP contribution in [0.4, 0.5) is 23.2 Å². The van der Waals surface area contributed by atoms with Gasteiger partial charge in [0.15, 0.2) is 34.8 Å². The van der Waals surface area contributed by atoms with Crippen molar-refractivity contribution in [1.82, 2.24) is 0 Å². The Hall–Kier alpha value is -2.77. The smallest absolute Gasteiger partial charge is 0.258 e. The maximum absolute atomic E-state index is 13.6. The first-order chi connectivity index (χ1) is 10.9. The van der Waals surface area contributed by atoms with E-state index in [1.165, 1.54) is 32.4 Å². The summed E-state index contributed by atoms with van der Waals surface area (Å²) in [6, 6.07) is 4.53. The third-order valence-electron chi connectivity index (χ3n) is 2.99. The van der Waals surface area contributed by atoms with Gasteiger partial charge in [-0.1, -0.05) is 0 Å². The first-order valence-electron chi connectivity index (χ1n) is 6.25. The normalized spacial score (nSPS) is 10.3. The van der Waals surface area contributed by atoms with Crippen molar-refractivity contribution >= 4 is 11.6 Å². The molecule has 0 radical (unpaired) electrons. The minimum absolute atomic E-state index is 0.164. The topological polar surface area (TPSA) is 47.6 Å². The fraction of sp³-hybridized carbons (Fsp3) is 0.133. The van der Waals surface area contributed by atoms with Gasteiger partial charge in [0.2, 0.25) is 0 Å². The van der Waals surface area contributed by atoms with Gasteiger partial charge in [-0.2, -0.15) is 0 Å². The van der Waals surface area contributed by atoms with E-state index < -0.39 is 34.7 Å². The highest BCUT2D eigenvalue weighted by atomic mass is 19.2. The number of benzene rings is 2. The number of rotatable bonds is 4. The van der Waals surface area contributed by atoms with E-state index in [0.29, 0.717) is 5.75 Å². The summed E-state index contributed by atoms with van der Waals surface area (Å²) in [6.45, 7) is 0. The van der Waals surface area contributed by atoms with Crippen LogP contribution in [-0.4, -0.2) is 20.1 Å². The molecule has 0 unspecified atom stereocenters. The van der Waals surface area contributed by atoms with E-state index in [2.05, 4.69) is 5.32 Å². The highest BCUT2D eigenvalue weighted by Gasteiger charge is 2.23. The third-order valence-corrected chi connectivity index (χ3v) is 2.99. The van der Waals surface area contributed by atoms with Gasteiger partial charge in [-0.15, -0.1) is 0 Å². The molecule has 0 aliphatic carbocycles. The number of methoxy groups -OCH3 is 2. The molecule has 2 aromatic rings. The molecule has 0 saturated carbocycles. The standard InChI is InChI=1S/C15H11F4NO3/c1-22-10-4-3-7(5-11(10)23-2)20-15(21)8-6-9(16)13(18)14(19)12(8)17/h3-6H,1-2H3,(H,20,21). The quantitative estimate of drug-likeness (QED) is 0.530. The van der Waals surface area contributed by atoms with Crippen LogP contribution in [0.1, 0.15) is 10.4 Å². The number of halogens is 4. The summed E-state index contributed by atoms with van der Waals surface area (Å²) >= 11 is 0. The number of carbonyl (C=O) groups is 1.